The van der Waals surface area contributed by atoms with Gasteiger partial charge in [0.25, 0.3) is 5.56 Å². The average Bonchev–Trinajstić information content (AvgIpc) is 3.12. The number of carbonyl (C=O) groups excluding carboxylic acids is 1. The molecular weight excluding hydrogens is 440 g/mol. The third-order valence-electron chi connectivity index (χ3n) is 6.19. The number of esters is 1. The Kier molecular flexibility index (Phi) is 4.88. The molecule has 2 aliphatic heterocycles. The van der Waals surface area contributed by atoms with E-state index in [1.807, 2.05) is 30.0 Å². The lowest BCUT2D eigenvalue weighted by Gasteiger charge is -2.31. The van der Waals surface area contributed by atoms with Gasteiger partial charge >= 0.3 is 5.97 Å². The summed E-state index contributed by atoms with van der Waals surface area (Å²) in [6.45, 7) is 9.07. The molecule has 0 saturated heterocycles. The number of nitrogens with zero attached hydrogens (tertiary/aromatic N) is 2. The second kappa shape index (κ2) is 7.30. The Hall–Kier alpha value is -2.42. The van der Waals surface area contributed by atoms with Crippen LogP contribution in [0.1, 0.15) is 30.0 Å². The van der Waals surface area contributed by atoms with Crippen molar-refractivity contribution in [3.63, 3.8) is 0 Å². The second-order valence-corrected chi connectivity index (χ2v) is 16.7. The van der Waals surface area contributed by atoms with Gasteiger partial charge in [0.15, 0.2) is 5.60 Å². The standard InChI is InChI=1S/C24H26N2O4SSi/c1-5-24(29)17-10-19-20-15(11-26(19)22(27)16(17)12-30-23(24)28)21(31-13-32(2,3)4)14-8-6-7-9-18(14)25-20/h6-10,29H,5,11-13H2,1-4H3/t24-/m0/s1. The lowest BCUT2D eigenvalue weighted by Crippen LogP contribution is -2.44. The number of hydrogen-bond donors (Lipinski definition) is 1. The summed E-state index contributed by atoms with van der Waals surface area (Å²) >= 11 is 1.85. The maximum atomic E-state index is 13.4. The van der Waals surface area contributed by atoms with E-state index in [0.717, 1.165) is 27.5 Å². The first-order valence-electron chi connectivity index (χ1n) is 10.9. The minimum absolute atomic E-state index is 0.113. The van der Waals surface area contributed by atoms with Gasteiger partial charge in [0.1, 0.15) is 6.61 Å². The molecule has 4 heterocycles. The van der Waals surface area contributed by atoms with E-state index in [1.54, 1.807) is 17.6 Å². The maximum Gasteiger partial charge on any atom is 0.343 e. The molecule has 0 spiro atoms. The van der Waals surface area contributed by atoms with Crippen molar-refractivity contribution in [3.05, 3.63) is 57.4 Å². The van der Waals surface area contributed by atoms with E-state index in [-0.39, 0.29) is 18.6 Å². The van der Waals surface area contributed by atoms with Crippen LogP contribution < -0.4 is 5.56 Å². The molecular formula is C24H26N2O4SSi. The number of carbonyl (C=O) groups is 1. The van der Waals surface area contributed by atoms with Crippen molar-refractivity contribution >= 4 is 36.7 Å². The van der Waals surface area contributed by atoms with Crippen molar-refractivity contribution in [1.29, 1.82) is 0 Å². The number of hydrogen-bond acceptors (Lipinski definition) is 6. The highest BCUT2D eigenvalue weighted by atomic mass is 32.2. The van der Waals surface area contributed by atoms with Gasteiger partial charge in [-0.3, -0.25) is 4.79 Å². The highest BCUT2D eigenvalue weighted by Gasteiger charge is 2.45. The lowest BCUT2D eigenvalue weighted by molar-refractivity contribution is -0.172. The highest BCUT2D eigenvalue weighted by molar-refractivity contribution is 8.01. The first kappa shape index (κ1) is 21.4. The molecule has 8 heteroatoms. The maximum absolute atomic E-state index is 13.4. The molecule has 0 aliphatic carbocycles. The van der Waals surface area contributed by atoms with E-state index in [2.05, 4.69) is 25.7 Å². The van der Waals surface area contributed by atoms with Gasteiger partial charge in [0.2, 0.25) is 0 Å². The molecule has 0 unspecified atom stereocenters. The number of rotatable bonds is 4. The van der Waals surface area contributed by atoms with Crippen LogP contribution in [0.4, 0.5) is 0 Å². The van der Waals surface area contributed by atoms with Crippen molar-refractivity contribution in [3.8, 4) is 11.4 Å². The summed E-state index contributed by atoms with van der Waals surface area (Å²) in [5.41, 5.74) is 2.02. The van der Waals surface area contributed by atoms with Gasteiger partial charge in [-0.2, -0.15) is 0 Å². The summed E-state index contributed by atoms with van der Waals surface area (Å²) in [5.74, 6) is -0.701. The van der Waals surface area contributed by atoms with E-state index in [4.69, 9.17) is 9.72 Å². The molecule has 0 amide bonds. The number of fused-ring (bicyclic) bond motifs is 5. The largest absolute Gasteiger partial charge is 0.458 e. The Balaban J connectivity index is 1.76. The molecule has 6 nitrogen and oxygen atoms in total. The predicted octanol–water partition coefficient (Wildman–Crippen LogP) is 4.05. The van der Waals surface area contributed by atoms with Crippen LogP contribution in [0.3, 0.4) is 0 Å². The minimum Gasteiger partial charge on any atom is -0.458 e. The number of benzene rings is 1. The molecule has 5 rings (SSSR count). The minimum atomic E-state index is -1.81. The van der Waals surface area contributed by atoms with Crippen LogP contribution >= 0.6 is 11.8 Å². The van der Waals surface area contributed by atoms with E-state index in [1.165, 1.54) is 4.90 Å². The monoisotopic (exact) mass is 466 g/mol. The molecule has 2 aliphatic rings. The number of aliphatic hydroxyl groups is 1. The second-order valence-electron chi connectivity index (χ2n) is 9.74. The number of para-hydroxylation sites is 1. The van der Waals surface area contributed by atoms with Gasteiger partial charge < -0.3 is 14.4 Å². The third kappa shape index (κ3) is 3.15. The fraction of sp³-hybridized carbons (Fsp3) is 0.375. The van der Waals surface area contributed by atoms with Gasteiger partial charge in [-0.05, 0) is 23.9 Å². The van der Waals surface area contributed by atoms with Gasteiger partial charge in [0.05, 0.1) is 37.1 Å². The average molecular weight is 467 g/mol. The van der Waals surface area contributed by atoms with Crippen molar-refractivity contribution in [2.45, 2.75) is 56.6 Å². The molecule has 0 radical (unpaired) electrons. The topological polar surface area (TPSA) is 81.4 Å². The van der Waals surface area contributed by atoms with Crippen LogP contribution in [-0.2, 0) is 28.3 Å². The Bertz CT molecular complexity index is 1340. The molecule has 32 heavy (non-hydrogen) atoms. The summed E-state index contributed by atoms with van der Waals surface area (Å²) in [5, 5.41) is 13.2. The number of ether oxygens (including phenoxy) is 1. The van der Waals surface area contributed by atoms with E-state index < -0.39 is 19.6 Å². The molecule has 0 bridgehead atoms. The molecule has 0 saturated carbocycles. The van der Waals surface area contributed by atoms with Crippen LogP contribution in [0.15, 0.2) is 40.0 Å². The molecule has 3 aromatic rings. The highest BCUT2D eigenvalue weighted by Crippen LogP contribution is 2.43. The number of thioether (sulfide) groups is 1. The SMILES string of the molecule is CC[C@@]1(O)C(=O)OCc2c1cc1n(c2=O)Cc2c-1nc1ccccc1c2SC[Si](C)(C)C. The van der Waals surface area contributed by atoms with Gasteiger partial charge in [0, 0.05) is 21.4 Å². The Morgan fingerprint density at radius 2 is 1.97 bits per heavy atom. The number of aromatic nitrogens is 2. The number of pyridine rings is 2. The summed E-state index contributed by atoms with van der Waals surface area (Å²) < 4.78 is 6.89. The quantitative estimate of drug-likeness (QED) is 0.278. The van der Waals surface area contributed by atoms with Crippen molar-refractivity contribution in [2.24, 2.45) is 0 Å². The van der Waals surface area contributed by atoms with E-state index in [9.17, 15) is 14.7 Å². The zero-order valence-electron chi connectivity index (χ0n) is 18.7. The fourth-order valence-corrected chi connectivity index (χ4v) is 7.42. The molecule has 1 aromatic carbocycles. The van der Waals surface area contributed by atoms with Crippen LogP contribution in [0.25, 0.3) is 22.3 Å². The fourth-order valence-electron chi connectivity index (χ4n) is 4.44. The Labute approximate surface area is 191 Å². The number of cyclic esters (lactones) is 1. The van der Waals surface area contributed by atoms with Crippen LogP contribution in [0.2, 0.25) is 19.6 Å². The summed E-state index contributed by atoms with van der Waals surface area (Å²) in [4.78, 5) is 31.9. The molecule has 1 N–H and O–H groups in total. The Morgan fingerprint density at radius 3 is 2.69 bits per heavy atom. The van der Waals surface area contributed by atoms with Gasteiger partial charge in [-0.1, -0.05) is 44.8 Å². The molecule has 166 valence electrons. The van der Waals surface area contributed by atoms with Crippen molar-refractivity contribution in [2.75, 3.05) is 5.38 Å². The van der Waals surface area contributed by atoms with Crippen LogP contribution in [0, 0.1) is 0 Å². The third-order valence-corrected chi connectivity index (χ3v) is 11.0. The van der Waals surface area contributed by atoms with Crippen LogP contribution in [0.5, 0.6) is 0 Å². The summed E-state index contributed by atoms with van der Waals surface area (Å²) in [7, 11) is -1.32. The van der Waals surface area contributed by atoms with Crippen molar-refractivity contribution in [1.82, 2.24) is 9.55 Å². The van der Waals surface area contributed by atoms with Crippen molar-refractivity contribution < 1.29 is 14.6 Å². The first-order valence-corrected chi connectivity index (χ1v) is 15.5. The van der Waals surface area contributed by atoms with Gasteiger partial charge in [-0.15, -0.1) is 11.8 Å². The van der Waals surface area contributed by atoms with E-state index in [0.29, 0.717) is 23.4 Å². The zero-order chi connectivity index (χ0) is 22.8. The zero-order valence-corrected chi connectivity index (χ0v) is 20.5. The summed E-state index contributed by atoms with van der Waals surface area (Å²) in [6.07, 6.45) is 0.136. The van der Waals surface area contributed by atoms with E-state index >= 15 is 0 Å². The first-order chi connectivity index (χ1) is 15.1. The smallest absolute Gasteiger partial charge is 0.343 e. The molecule has 2 aromatic heterocycles. The predicted molar refractivity (Wildman–Crippen MR) is 129 cm³/mol. The molecule has 0 fully saturated rings. The lowest BCUT2D eigenvalue weighted by atomic mass is 9.86. The van der Waals surface area contributed by atoms with Crippen LogP contribution in [-0.4, -0.2) is 34.1 Å². The van der Waals surface area contributed by atoms with Gasteiger partial charge in [-0.25, -0.2) is 9.78 Å². The Morgan fingerprint density at radius 1 is 1.22 bits per heavy atom. The molecule has 1 atom stereocenters. The normalized spacial score (nSPS) is 19.5. The summed E-state index contributed by atoms with van der Waals surface area (Å²) in [6, 6.07) is 9.85.